The number of benzene rings is 2. The number of hydrogen-bond donors (Lipinski definition) is 1. The molecule has 7 heteroatoms. The minimum absolute atomic E-state index is 0.0498. The number of amides is 1. The lowest BCUT2D eigenvalue weighted by Gasteiger charge is -2.29. The minimum Gasteiger partial charge on any atom is -0.507 e. The van der Waals surface area contributed by atoms with E-state index in [1.54, 1.807) is 17.0 Å². The van der Waals surface area contributed by atoms with Crippen molar-refractivity contribution in [3.63, 3.8) is 0 Å². The van der Waals surface area contributed by atoms with Crippen molar-refractivity contribution < 1.29 is 19.4 Å². The Bertz CT molecular complexity index is 1090. The van der Waals surface area contributed by atoms with Gasteiger partial charge in [0, 0.05) is 13.1 Å². The van der Waals surface area contributed by atoms with Gasteiger partial charge in [-0.3, -0.25) is 9.59 Å². The molecule has 1 amide bonds. The van der Waals surface area contributed by atoms with Crippen LogP contribution < -0.4 is 4.74 Å². The summed E-state index contributed by atoms with van der Waals surface area (Å²) in [5, 5.41) is 11.7. The first-order chi connectivity index (χ1) is 15.7. The standard InChI is InChI=1S/C26H31ClN2O4/c1-6-28(7-2)12-13-29-22(18-11-9-8-10-17(18)4)21(24(31)26(29)32)23(30)19-14-16(3)15-20(27)25(19)33-5/h8-11,14-15,22,30H,6-7,12-13H2,1-5H3/b23-21+. The molecule has 3 rings (SSSR count). The van der Waals surface area contributed by atoms with E-state index >= 15 is 0 Å². The van der Waals surface area contributed by atoms with Crippen LogP contribution in [0.25, 0.3) is 5.76 Å². The van der Waals surface area contributed by atoms with E-state index < -0.39 is 17.7 Å². The number of hydrogen-bond acceptors (Lipinski definition) is 5. The molecular weight excluding hydrogens is 440 g/mol. The Morgan fingerprint density at radius 2 is 1.82 bits per heavy atom. The molecular formula is C26H31ClN2O4. The number of aliphatic hydroxyl groups excluding tert-OH is 1. The van der Waals surface area contributed by atoms with Crippen molar-refractivity contribution >= 4 is 29.1 Å². The van der Waals surface area contributed by atoms with Crippen LogP contribution in [0, 0.1) is 13.8 Å². The second-order valence-electron chi connectivity index (χ2n) is 8.20. The van der Waals surface area contributed by atoms with Gasteiger partial charge in [0.2, 0.25) is 0 Å². The van der Waals surface area contributed by atoms with Crippen molar-refractivity contribution in [3.05, 3.63) is 69.2 Å². The first kappa shape index (κ1) is 24.8. The van der Waals surface area contributed by atoms with Crippen LogP contribution in [-0.4, -0.2) is 59.9 Å². The van der Waals surface area contributed by atoms with Gasteiger partial charge in [-0.05, 0) is 55.8 Å². The predicted molar refractivity (Wildman–Crippen MR) is 131 cm³/mol. The molecule has 0 radical (unpaired) electrons. The van der Waals surface area contributed by atoms with Gasteiger partial charge in [-0.25, -0.2) is 0 Å². The third-order valence-electron chi connectivity index (χ3n) is 6.22. The maximum atomic E-state index is 13.3. The molecule has 176 valence electrons. The van der Waals surface area contributed by atoms with E-state index in [4.69, 9.17) is 16.3 Å². The van der Waals surface area contributed by atoms with E-state index in [1.165, 1.54) is 7.11 Å². The summed E-state index contributed by atoms with van der Waals surface area (Å²) in [4.78, 5) is 30.2. The lowest BCUT2D eigenvalue weighted by atomic mass is 9.92. The van der Waals surface area contributed by atoms with E-state index in [0.29, 0.717) is 23.7 Å². The molecule has 33 heavy (non-hydrogen) atoms. The van der Waals surface area contributed by atoms with Crippen molar-refractivity contribution in [3.8, 4) is 5.75 Å². The van der Waals surface area contributed by atoms with Gasteiger partial charge >= 0.3 is 0 Å². The summed E-state index contributed by atoms with van der Waals surface area (Å²) in [6, 6.07) is 10.3. The van der Waals surface area contributed by atoms with Crippen LogP contribution in [0.15, 0.2) is 42.0 Å². The molecule has 1 fully saturated rings. The largest absolute Gasteiger partial charge is 0.507 e. The summed E-state index contributed by atoms with van der Waals surface area (Å²) in [7, 11) is 1.45. The maximum Gasteiger partial charge on any atom is 0.295 e. The Kier molecular flexibility index (Phi) is 7.82. The molecule has 0 aromatic heterocycles. The summed E-state index contributed by atoms with van der Waals surface area (Å²) in [6.45, 7) is 10.6. The van der Waals surface area contributed by atoms with E-state index in [-0.39, 0.29) is 17.1 Å². The third-order valence-corrected chi connectivity index (χ3v) is 6.50. The van der Waals surface area contributed by atoms with Crippen molar-refractivity contribution in [2.75, 3.05) is 33.3 Å². The number of halogens is 1. The van der Waals surface area contributed by atoms with Crippen molar-refractivity contribution in [2.45, 2.75) is 33.7 Å². The molecule has 1 saturated heterocycles. The molecule has 0 aliphatic carbocycles. The Labute approximate surface area is 200 Å². The predicted octanol–water partition coefficient (Wildman–Crippen LogP) is 4.73. The van der Waals surface area contributed by atoms with Gasteiger partial charge < -0.3 is 19.6 Å². The molecule has 1 aliphatic rings. The van der Waals surface area contributed by atoms with Gasteiger partial charge in [0.15, 0.2) is 0 Å². The quantitative estimate of drug-likeness (QED) is 0.343. The average molecular weight is 471 g/mol. The first-order valence-electron chi connectivity index (χ1n) is 11.2. The first-order valence-corrected chi connectivity index (χ1v) is 11.5. The smallest absolute Gasteiger partial charge is 0.295 e. The van der Waals surface area contributed by atoms with Crippen LogP contribution in [0.4, 0.5) is 0 Å². The summed E-state index contributed by atoms with van der Waals surface area (Å²) < 4.78 is 5.43. The molecule has 6 nitrogen and oxygen atoms in total. The van der Waals surface area contributed by atoms with Crippen LogP contribution in [-0.2, 0) is 9.59 Å². The third kappa shape index (κ3) is 4.77. The van der Waals surface area contributed by atoms with Crippen LogP contribution in [0.2, 0.25) is 5.02 Å². The van der Waals surface area contributed by atoms with Crippen LogP contribution >= 0.6 is 11.6 Å². The topological polar surface area (TPSA) is 70.1 Å². The Balaban J connectivity index is 2.22. The fourth-order valence-corrected chi connectivity index (χ4v) is 4.73. The Morgan fingerprint density at radius 1 is 1.15 bits per heavy atom. The molecule has 2 aromatic carbocycles. The van der Waals surface area contributed by atoms with Gasteiger partial charge in [-0.1, -0.05) is 49.7 Å². The monoisotopic (exact) mass is 470 g/mol. The summed E-state index contributed by atoms with van der Waals surface area (Å²) in [6.07, 6.45) is 0. The van der Waals surface area contributed by atoms with Crippen LogP contribution in [0.3, 0.4) is 0 Å². The molecule has 0 spiro atoms. The minimum atomic E-state index is -0.708. The van der Waals surface area contributed by atoms with Crippen LogP contribution in [0.5, 0.6) is 5.75 Å². The zero-order valence-electron chi connectivity index (χ0n) is 19.8. The fraction of sp³-hybridized carbons (Fsp3) is 0.385. The highest BCUT2D eigenvalue weighted by atomic mass is 35.5. The summed E-state index contributed by atoms with van der Waals surface area (Å²) in [5.41, 5.74) is 2.87. The highest BCUT2D eigenvalue weighted by Gasteiger charge is 2.46. The molecule has 1 atom stereocenters. The van der Waals surface area contributed by atoms with Gasteiger partial charge in [0.1, 0.15) is 11.5 Å². The number of likely N-dealkylation sites (N-methyl/N-ethyl adjacent to an activating group) is 1. The number of carbonyl (C=O) groups is 2. The zero-order valence-corrected chi connectivity index (χ0v) is 20.6. The van der Waals surface area contributed by atoms with E-state index in [1.807, 2.05) is 38.1 Å². The van der Waals surface area contributed by atoms with Gasteiger partial charge in [-0.15, -0.1) is 0 Å². The Morgan fingerprint density at radius 3 is 2.42 bits per heavy atom. The van der Waals surface area contributed by atoms with E-state index in [2.05, 4.69) is 18.7 Å². The lowest BCUT2D eigenvalue weighted by molar-refractivity contribution is -0.140. The van der Waals surface area contributed by atoms with Gasteiger partial charge in [0.05, 0.1) is 29.3 Å². The van der Waals surface area contributed by atoms with Crippen molar-refractivity contribution in [2.24, 2.45) is 0 Å². The molecule has 1 aliphatic heterocycles. The number of carbonyl (C=O) groups excluding carboxylic acids is 2. The number of methoxy groups -OCH3 is 1. The molecule has 0 bridgehead atoms. The summed E-state index contributed by atoms with van der Waals surface area (Å²) >= 11 is 6.35. The molecule has 1 N–H and O–H groups in total. The summed E-state index contributed by atoms with van der Waals surface area (Å²) in [5.74, 6) is -1.35. The number of likely N-dealkylation sites (tertiary alicyclic amines) is 1. The van der Waals surface area contributed by atoms with Crippen molar-refractivity contribution in [1.82, 2.24) is 9.80 Å². The number of aliphatic hydroxyl groups is 1. The van der Waals surface area contributed by atoms with E-state index in [0.717, 1.165) is 29.8 Å². The van der Waals surface area contributed by atoms with Gasteiger partial charge in [-0.2, -0.15) is 0 Å². The normalized spacial score (nSPS) is 17.8. The van der Waals surface area contributed by atoms with E-state index in [9.17, 15) is 14.7 Å². The molecule has 0 saturated carbocycles. The van der Waals surface area contributed by atoms with Crippen LogP contribution in [0.1, 0.15) is 42.1 Å². The molecule has 1 heterocycles. The highest BCUT2D eigenvalue weighted by molar-refractivity contribution is 6.46. The highest BCUT2D eigenvalue weighted by Crippen LogP contribution is 2.43. The maximum absolute atomic E-state index is 13.3. The fourth-order valence-electron chi connectivity index (χ4n) is 4.37. The number of rotatable bonds is 8. The number of nitrogens with zero attached hydrogens (tertiary/aromatic N) is 2. The van der Waals surface area contributed by atoms with Crippen molar-refractivity contribution in [1.29, 1.82) is 0 Å². The molecule has 1 unspecified atom stereocenters. The van der Waals surface area contributed by atoms with Gasteiger partial charge in [0.25, 0.3) is 11.7 Å². The second-order valence-corrected chi connectivity index (χ2v) is 8.61. The number of aryl methyl sites for hydroxylation is 2. The zero-order chi connectivity index (χ0) is 24.3. The number of ketones is 1. The second kappa shape index (κ2) is 10.4. The SMILES string of the molecule is CCN(CC)CCN1C(=O)C(=O)/C(=C(/O)c2cc(C)cc(Cl)c2OC)C1c1ccccc1C. The molecule has 2 aromatic rings. The number of ether oxygens (including phenoxy) is 1. The lowest BCUT2D eigenvalue weighted by Crippen LogP contribution is -2.38. The average Bonchev–Trinajstić information content (AvgIpc) is 3.04. The Hall–Kier alpha value is -2.83. The number of Topliss-reactive ketones (excluding diaryl/α,β-unsaturated/α-hetero) is 1.